The summed E-state index contributed by atoms with van der Waals surface area (Å²) in [5.41, 5.74) is 8.49. The van der Waals surface area contributed by atoms with Gasteiger partial charge in [0.25, 0.3) is 0 Å². The minimum Gasteiger partial charge on any atom is -0.443 e. The summed E-state index contributed by atoms with van der Waals surface area (Å²) in [6.45, 7) is 0. The molecule has 3 heterocycles. The van der Waals surface area contributed by atoms with E-state index in [-0.39, 0.29) is 0 Å². The summed E-state index contributed by atoms with van der Waals surface area (Å²) in [6.07, 6.45) is 1.53. The van der Waals surface area contributed by atoms with Crippen LogP contribution in [0.2, 0.25) is 0 Å². The monoisotopic (exact) mass is 449 g/mol. The Morgan fingerprint density at radius 2 is 1.14 bits per heavy atom. The lowest BCUT2D eigenvalue weighted by atomic mass is 10.1. The van der Waals surface area contributed by atoms with Crippen LogP contribution in [0.4, 0.5) is 0 Å². The Balaban J connectivity index is 1.69. The van der Waals surface area contributed by atoms with Gasteiger partial charge in [0.2, 0.25) is 0 Å². The van der Waals surface area contributed by atoms with Gasteiger partial charge in [-0.25, -0.2) is 4.98 Å². The van der Waals surface area contributed by atoms with Gasteiger partial charge in [0.1, 0.15) is 5.52 Å². The van der Waals surface area contributed by atoms with E-state index in [4.69, 9.17) is 4.42 Å². The summed E-state index contributed by atoms with van der Waals surface area (Å²) in [5, 5.41) is 4.90. The van der Waals surface area contributed by atoms with Crippen molar-refractivity contribution in [3.63, 3.8) is 0 Å². The minimum atomic E-state index is 0.782. The first kappa shape index (κ1) is 18.6. The molecule has 8 aromatic rings. The van der Waals surface area contributed by atoms with Crippen LogP contribution in [-0.4, -0.2) is 14.1 Å². The van der Waals surface area contributed by atoms with E-state index in [9.17, 15) is 0 Å². The van der Waals surface area contributed by atoms with Crippen LogP contribution >= 0.6 is 0 Å². The quantitative estimate of drug-likeness (QED) is 0.268. The molecule has 0 atom stereocenters. The number of rotatable bonds is 2. The zero-order chi connectivity index (χ0) is 22.9. The SMILES string of the molecule is c1ccc(-n2c3ccccc3c3ccc4c5ccccc5n(-c5cccc6ocnc56)c4c32)cc1. The second-order valence-corrected chi connectivity index (χ2v) is 8.87. The zero-order valence-corrected chi connectivity index (χ0v) is 18.7. The molecular formula is C31H19N3O. The van der Waals surface area contributed by atoms with Crippen LogP contribution in [0.5, 0.6) is 0 Å². The molecule has 0 spiro atoms. The number of hydrogen-bond acceptors (Lipinski definition) is 2. The Labute approximate surface area is 200 Å². The van der Waals surface area contributed by atoms with Gasteiger partial charge in [-0.05, 0) is 36.4 Å². The van der Waals surface area contributed by atoms with E-state index in [1.807, 2.05) is 12.1 Å². The second kappa shape index (κ2) is 6.84. The Hall–Kier alpha value is -4.83. The number of para-hydroxylation sites is 4. The number of benzene rings is 5. The van der Waals surface area contributed by atoms with Gasteiger partial charge in [-0.1, -0.05) is 72.8 Å². The van der Waals surface area contributed by atoms with Gasteiger partial charge in [0.15, 0.2) is 12.0 Å². The Kier molecular flexibility index (Phi) is 3.63. The van der Waals surface area contributed by atoms with Crippen molar-refractivity contribution < 1.29 is 4.42 Å². The molecule has 3 aromatic heterocycles. The van der Waals surface area contributed by atoms with Crippen molar-refractivity contribution in [1.82, 2.24) is 14.1 Å². The Bertz CT molecular complexity index is 2060. The van der Waals surface area contributed by atoms with Crippen molar-refractivity contribution in [1.29, 1.82) is 0 Å². The lowest BCUT2D eigenvalue weighted by Gasteiger charge is -2.12. The fourth-order valence-corrected chi connectivity index (χ4v) is 5.65. The number of hydrogen-bond donors (Lipinski definition) is 0. The molecule has 4 heteroatoms. The Morgan fingerprint density at radius 3 is 1.89 bits per heavy atom. The van der Waals surface area contributed by atoms with Gasteiger partial charge in [-0.15, -0.1) is 0 Å². The van der Waals surface area contributed by atoms with E-state index in [1.54, 1.807) is 0 Å². The van der Waals surface area contributed by atoms with Crippen molar-refractivity contribution in [2.24, 2.45) is 0 Å². The van der Waals surface area contributed by atoms with Gasteiger partial charge in [0, 0.05) is 27.2 Å². The first-order valence-corrected chi connectivity index (χ1v) is 11.7. The molecule has 35 heavy (non-hydrogen) atoms. The first-order chi connectivity index (χ1) is 17.4. The number of fused-ring (bicyclic) bond motifs is 8. The molecule has 0 amide bonds. The highest BCUT2D eigenvalue weighted by molar-refractivity contribution is 6.24. The predicted molar refractivity (Wildman–Crippen MR) is 143 cm³/mol. The van der Waals surface area contributed by atoms with Gasteiger partial charge in [-0.2, -0.15) is 0 Å². The molecule has 0 radical (unpaired) electrons. The van der Waals surface area contributed by atoms with E-state index in [2.05, 4.69) is 111 Å². The molecule has 0 N–H and O–H groups in total. The molecule has 0 saturated carbocycles. The standard InChI is InChI=1S/C31H19N3O/c1-2-9-20(10-3-1)33-25-13-6-4-11-21(25)23-17-18-24-22-12-5-7-14-26(22)34(31(24)30(23)33)27-15-8-16-28-29(27)32-19-35-28/h1-19H. The highest BCUT2D eigenvalue weighted by atomic mass is 16.3. The van der Waals surface area contributed by atoms with Crippen molar-refractivity contribution in [2.75, 3.05) is 0 Å². The highest BCUT2D eigenvalue weighted by Gasteiger charge is 2.22. The number of aromatic nitrogens is 3. The molecular weight excluding hydrogens is 430 g/mol. The maximum absolute atomic E-state index is 5.68. The summed E-state index contributed by atoms with van der Waals surface area (Å²) < 4.78 is 10.4. The molecule has 0 fully saturated rings. The fourth-order valence-electron chi connectivity index (χ4n) is 5.65. The second-order valence-electron chi connectivity index (χ2n) is 8.87. The lowest BCUT2D eigenvalue weighted by molar-refractivity contribution is 0.602. The van der Waals surface area contributed by atoms with E-state index < -0.39 is 0 Å². The van der Waals surface area contributed by atoms with Gasteiger partial charge < -0.3 is 13.6 Å². The zero-order valence-electron chi connectivity index (χ0n) is 18.7. The maximum atomic E-state index is 5.68. The molecule has 0 unspecified atom stereocenters. The van der Waals surface area contributed by atoms with Crippen LogP contribution in [0.25, 0.3) is 66.1 Å². The summed E-state index contributed by atoms with van der Waals surface area (Å²) >= 11 is 0. The van der Waals surface area contributed by atoms with E-state index in [0.717, 1.165) is 28.0 Å². The molecule has 0 aliphatic carbocycles. The van der Waals surface area contributed by atoms with Gasteiger partial charge >= 0.3 is 0 Å². The topological polar surface area (TPSA) is 35.9 Å². The fraction of sp³-hybridized carbons (Fsp3) is 0. The van der Waals surface area contributed by atoms with Crippen LogP contribution in [0.15, 0.2) is 120 Å². The maximum Gasteiger partial charge on any atom is 0.182 e. The molecule has 5 aromatic carbocycles. The number of nitrogens with zero attached hydrogens (tertiary/aromatic N) is 3. The van der Waals surface area contributed by atoms with Crippen molar-refractivity contribution in [3.8, 4) is 11.4 Å². The van der Waals surface area contributed by atoms with Gasteiger partial charge in [-0.3, -0.25) is 0 Å². The third-order valence-electron chi connectivity index (χ3n) is 7.06. The molecule has 0 saturated heterocycles. The van der Waals surface area contributed by atoms with E-state index >= 15 is 0 Å². The van der Waals surface area contributed by atoms with Crippen molar-refractivity contribution >= 4 is 54.7 Å². The van der Waals surface area contributed by atoms with Crippen LogP contribution in [0.3, 0.4) is 0 Å². The summed E-state index contributed by atoms with van der Waals surface area (Å²) in [5.74, 6) is 0. The van der Waals surface area contributed by atoms with Crippen molar-refractivity contribution in [2.45, 2.75) is 0 Å². The largest absolute Gasteiger partial charge is 0.443 e. The average molecular weight is 450 g/mol. The highest BCUT2D eigenvalue weighted by Crippen LogP contribution is 2.42. The number of oxazole rings is 1. The predicted octanol–water partition coefficient (Wildman–Crippen LogP) is 8.02. The molecule has 0 bridgehead atoms. The van der Waals surface area contributed by atoms with Gasteiger partial charge in [0.05, 0.1) is 27.8 Å². The normalized spacial score (nSPS) is 12.0. The summed E-state index contributed by atoms with van der Waals surface area (Å²) in [4.78, 5) is 4.60. The lowest BCUT2D eigenvalue weighted by Crippen LogP contribution is -1.99. The molecule has 8 rings (SSSR count). The summed E-state index contributed by atoms with van der Waals surface area (Å²) in [6, 6.07) is 38.6. The van der Waals surface area contributed by atoms with Crippen LogP contribution in [0, 0.1) is 0 Å². The average Bonchev–Trinajstić information content (AvgIpc) is 3.61. The van der Waals surface area contributed by atoms with E-state index in [1.165, 1.54) is 44.5 Å². The Morgan fingerprint density at radius 1 is 0.514 bits per heavy atom. The smallest absolute Gasteiger partial charge is 0.182 e. The third-order valence-corrected chi connectivity index (χ3v) is 7.06. The first-order valence-electron chi connectivity index (χ1n) is 11.7. The van der Waals surface area contributed by atoms with Crippen LogP contribution in [0.1, 0.15) is 0 Å². The summed E-state index contributed by atoms with van der Waals surface area (Å²) in [7, 11) is 0. The molecule has 0 aliphatic heterocycles. The van der Waals surface area contributed by atoms with Crippen molar-refractivity contribution in [3.05, 3.63) is 116 Å². The van der Waals surface area contributed by atoms with Crippen LogP contribution in [-0.2, 0) is 0 Å². The molecule has 4 nitrogen and oxygen atoms in total. The minimum absolute atomic E-state index is 0.782. The molecule has 0 aliphatic rings. The van der Waals surface area contributed by atoms with Crippen LogP contribution < -0.4 is 0 Å². The third kappa shape index (κ3) is 2.43. The van der Waals surface area contributed by atoms with E-state index in [0.29, 0.717) is 0 Å². The molecule has 164 valence electrons.